The standard InChI is InChI=1S/C23H28N2O3S/c26-22(24-10-2-1-3-11-24)19-7-4-8-21(14-19)28-16-18-6-5-12-25(15-18)23(27)20-9-13-29-17-20/h4,7-9,13-14,17-18H,1-3,5-6,10-12,15-16H2/t18-/m0/s1. The fraction of sp³-hybridized carbons (Fsp3) is 0.478. The summed E-state index contributed by atoms with van der Waals surface area (Å²) < 4.78 is 6.04. The third kappa shape index (κ3) is 4.99. The summed E-state index contributed by atoms with van der Waals surface area (Å²) in [4.78, 5) is 29.2. The van der Waals surface area contributed by atoms with E-state index < -0.39 is 0 Å². The molecular formula is C23H28N2O3S. The molecule has 2 aliphatic heterocycles. The number of ether oxygens (including phenoxy) is 1. The molecule has 2 amide bonds. The van der Waals surface area contributed by atoms with Crippen molar-refractivity contribution >= 4 is 23.2 Å². The summed E-state index contributed by atoms with van der Waals surface area (Å²) in [5, 5.41) is 3.85. The van der Waals surface area contributed by atoms with Gasteiger partial charge in [0, 0.05) is 43.0 Å². The number of thiophene rings is 1. The lowest BCUT2D eigenvalue weighted by Gasteiger charge is -2.32. The minimum absolute atomic E-state index is 0.0975. The number of rotatable bonds is 5. The highest BCUT2D eigenvalue weighted by molar-refractivity contribution is 7.08. The molecule has 0 radical (unpaired) electrons. The molecule has 1 atom stereocenters. The fourth-order valence-electron chi connectivity index (χ4n) is 4.17. The Bertz CT molecular complexity index is 830. The molecule has 0 N–H and O–H groups in total. The molecule has 6 heteroatoms. The van der Waals surface area contributed by atoms with Gasteiger partial charge in [-0.3, -0.25) is 9.59 Å². The van der Waals surface area contributed by atoms with Gasteiger partial charge in [-0.15, -0.1) is 0 Å². The van der Waals surface area contributed by atoms with Crippen LogP contribution in [0.5, 0.6) is 5.75 Å². The molecule has 0 spiro atoms. The Balaban J connectivity index is 1.33. The van der Waals surface area contributed by atoms with Crippen LogP contribution in [0.3, 0.4) is 0 Å². The number of piperidine rings is 2. The van der Waals surface area contributed by atoms with Crippen LogP contribution in [0.25, 0.3) is 0 Å². The van der Waals surface area contributed by atoms with Gasteiger partial charge in [0.25, 0.3) is 11.8 Å². The van der Waals surface area contributed by atoms with Crippen LogP contribution in [0.2, 0.25) is 0 Å². The van der Waals surface area contributed by atoms with E-state index in [2.05, 4.69) is 0 Å². The smallest absolute Gasteiger partial charge is 0.254 e. The molecule has 29 heavy (non-hydrogen) atoms. The van der Waals surface area contributed by atoms with E-state index in [4.69, 9.17) is 4.74 Å². The number of likely N-dealkylation sites (tertiary alicyclic amines) is 2. The first kappa shape index (κ1) is 20.0. The van der Waals surface area contributed by atoms with Gasteiger partial charge >= 0.3 is 0 Å². The molecule has 0 saturated carbocycles. The number of amides is 2. The first-order valence-corrected chi connectivity index (χ1v) is 11.5. The second-order valence-corrected chi connectivity index (χ2v) is 8.74. The van der Waals surface area contributed by atoms with Crippen LogP contribution >= 0.6 is 11.3 Å². The molecule has 0 aliphatic carbocycles. The monoisotopic (exact) mass is 412 g/mol. The highest BCUT2D eigenvalue weighted by Gasteiger charge is 2.25. The summed E-state index contributed by atoms with van der Waals surface area (Å²) in [5.41, 5.74) is 1.47. The van der Waals surface area contributed by atoms with E-state index >= 15 is 0 Å². The highest BCUT2D eigenvalue weighted by Crippen LogP contribution is 2.22. The van der Waals surface area contributed by atoms with Crippen molar-refractivity contribution in [2.45, 2.75) is 32.1 Å². The number of hydrogen-bond acceptors (Lipinski definition) is 4. The molecule has 2 aliphatic rings. The summed E-state index contributed by atoms with van der Waals surface area (Å²) in [6.45, 7) is 3.79. The molecule has 4 rings (SSSR count). The van der Waals surface area contributed by atoms with Gasteiger partial charge in [0.15, 0.2) is 0 Å². The average Bonchev–Trinajstić information content (AvgIpc) is 3.33. The number of nitrogens with zero attached hydrogens (tertiary/aromatic N) is 2. The van der Waals surface area contributed by atoms with Crippen LogP contribution < -0.4 is 4.74 Å². The first-order chi connectivity index (χ1) is 14.2. The maximum atomic E-state index is 12.7. The average molecular weight is 413 g/mol. The van der Waals surface area contributed by atoms with E-state index in [1.165, 1.54) is 6.42 Å². The van der Waals surface area contributed by atoms with Crippen molar-refractivity contribution in [1.29, 1.82) is 0 Å². The lowest BCUT2D eigenvalue weighted by atomic mass is 9.98. The van der Waals surface area contributed by atoms with Crippen LogP contribution in [0, 0.1) is 5.92 Å². The Labute approximate surface area is 176 Å². The highest BCUT2D eigenvalue weighted by atomic mass is 32.1. The number of benzene rings is 1. The molecule has 1 aromatic heterocycles. The van der Waals surface area contributed by atoms with Crippen LogP contribution in [-0.2, 0) is 0 Å². The fourth-order valence-corrected chi connectivity index (χ4v) is 4.80. The minimum Gasteiger partial charge on any atom is -0.493 e. The van der Waals surface area contributed by atoms with Crippen molar-refractivity contribution in [2.24, 2.45) is 5.92 Å². The summed E-state index contributed by atoms with van der Waals surface area (Å²) >= 11 is 1.55. The number of carbonyl (C=O) groups is 2. The van der Waals surface area contributed by atoms with Gasteiger partial charge < -0.3 is 14.5 Å². The Hall–Kier alpha value is -2.34. The molecule has 0 bridgehead atoms. The molecule has 3 heterocycles. The third-order valence-electron chi connectivity index (χ3n) is 5.78. The van der Waals surface area contributed by atoms with Crippen LogP contribution in [0.15, 0.2) is 41.1 Å². The van der Waals surface area contributed by atoms with Crippen molar-refractivity contribution in [1.82, 2.24) is 9.80 Å². The number of hydrogen-bond donors (Lipinski definition) is 0. The van der Waals surface area contributed by atoms with Crippen LogP contribution in [-0.4, -0.2) is 54.4 Å². The molecule has 2 fully saturated rings. The van der Waals surface area contributed by atoms with E-state index in [0.29, 0.717) is 18.1 Å². The van der Waals surface area contributed by atoms with Gasteiger partial charge in [-0.2, -0.15) is 11.3 Å². The predicted octanol–water partition coefficient (Wildman–Crippen LogP) is 4.31. The SMILES string of the molecule is O=C(c1cccc(OC[C@H]2CCCN(C(=O)c3ccsc3)C2)c1)N1CCCCC1. The van der Waals surface area contributed by atoms with Gasteiger partial charge in [0.05, 0.1) is 12.2 Å². The first-order valence-electron chi connectivity index (χ1n) is 10.5. The molecule has 5 nitrogen and oxygen atoms in total. The quantitative estimate of drug-likeness (QED) is 0.735. The second kappa shape index (κ2) is 9.44. The van der Waals surface area contributed by atoms with Gasteiger partial charge in [-0.1, -0.05) is 6.07 Å². The zero-order chi connectivity index (χ0) is 20.1. The summed E-state index contributed by atoms with van der Waals surface area (Å²) in [7, 11) is 0. The minimum atomic E-state index is 0.0975. The largest absolute Gasteiger partial charge is 0.493 e. The predicted molar refractivity (Wildman–Crippen MR) is 115 cm³/mol. The Kier molecular flexibility index (Phi) is 6.49. The van der Waals surface area contributed by atoms with Crippen molar-refractivity contribution in [3.8, 4) is 5.75 Å². The van der Waals surface area contributed by atoms with Gasteiger partial charge in [-0.25, -0.2) is 0 Å². The Morgan fingerprint density at radius 3 is 2.55 bits per heavy atom. The van der Waals surface area contributed by atoms with E-state index in [9.17, 15) is 9.59 Å². The van der Waals surface area contributed by atoms with Gasteiger partial charge in [0.2, 0.25) is 0 Å². The van der Waals surface area contributed by atoms with E-state index in [0.717, 1.165) is 63.2 Å². The molecule has 2 aromatic rings. The van der Waals surface area contributed by atoms with Crippen molar-refractivity contribution in [2.75, 3.05) is 32.8 Å². The maximum absolute atomic E-state index is 12.7. The molecule has 2 saturated heterocycles. The van der Waals surface area contributed by atoms with Crippen molar-refractivity contribution in [3.05, 3.63) is 52.2 Å². The maximum Gasteiger partial charge on any atom is 0.254 e. The number of carbonyl (C=O) groups excluding carboxylic acids is 2. The van der Waals surface area contributed by atoms with E-state index in [1.54, 1.807) is 11.3 Å². The zero-order valence-corrected chi connectivity index (χ0v) is 17.5. The normalized spacial score (nSPS) is 19.8. The molecule has 0 unspecified atom stereocenters. The molecule has 154 valence electrons. The van der Waals surface area contributed by atoms with Gasteiger partial charge in [0.1, 0.15) is 5.75 Å². The molecular weight excluding hydrogens is 384 g/mol. The van der Waals surface area contributed by atoms with Crippen molar-refractivity contribution in [3.63, 3.8) is 0 Å². The molecule has 1 aromatic carbocycles. The summed E-state index contributed by atoms with van der Waals surface area (Å²) in [6, 6.07) is 9.40. The Morgan fingerprint density at radius 2 is 1.76 bits per heavy atom. The van der Waals surface area contributed by atoms with Crippen molar-refractivity contribution < 1.29 is 14.3 Å². The Morgan fingerprint density at radius 1 is 0.966 bits per heavy atom. The van der Waals surface area contributed by atoms with Crippen LogP contribution in [0.1, 0.15) is 52.8 Å². The topological polar surface area (TPSA) is 49.9 Å². The lowest BCUT2D eigenvalue weighted by Crippen LogP contribution is -2.41. The zero-order valence-electron chi connectivity index (χ0n) is 16.7. The second-order valence-electron chi connectivity index (χ2n) is 7.96. The summed E-state index contributed by atoms with van der Waals surface area (Å²) in [6.07, 6.45) is 5.44. The lowest BCUT2D eigenvalue weighted by molar-refractivity contribution is 0.0632. The third-order valence-corrected chi connectivity index (χ3v) is 6.47. The van der Waals surface area contributed by atoms with E-state index in [-0.39, 0.29) is 11.8 Å². The van der Waals surface area contributed by atoms with Gasteiger partial charge in [-0.05, 0) is 61.7 Å². The van der Waals surface area contributed by atoms with E-state index in [1.807, 2.05) is 50.9 Å². The van der Waals surface area contributed by atoms with Crippen LogP contribution in [0.4, 0.5) is 0 Å². The summed E-state index contributed by atoms with van der Waals surface area (Å²) in [5.74, 6) is 1.26.